The topological polar surface area (TPSA) is 0 Å². The zero-order valence-corrected chi connectivity index (χ0v) is 22.3. The summed E-state index contributed by atoms with van der Waals surface area (Å²) in [5.74, 6) is 0. The van der Waals surface area contributed by atoms with Gasteiger partial charge in [0.25, 0.3) is 0 Å². The Morgan fingerprint density at radius 3 is 1.38 bits per heavy atom. The summed E-state index contributed by atoms with van der Waals surface area (Å²) in [6.45, 7) is 5.12. The number of halogens is 2. The van der Waals surface area contributed by atoms with Crippen molar-refractivity contribution in [3.63, 3.8) is 0 Å². The first-order valence-corrected chi connectivity index (χ1v) is 17.2. The Labute approximate surface area is 209 Å². The third kappa shape index (κ3) is 3.65. The second kappa shape index (κ2) is 9.33. The van der Waals surface area contributed by atoms with Gasteiger partial charge in [-0.05, 0) is 0 Å². The normalized spacial score (nSPS) is 11.7. The molecule has 0 fully saturated rings. The van der Waals surface area contributed by atoms with Crippen LogP contribution in [0.1, 0.15) is 22.3 Å². The van der Waals surface area contributed by atoms with E-state index in [1.807, 2.05) is 0 Å². The smallest absolute Gasteiger partial charge is 1.00 e. The van der Waals surface area contributed by atoms with Crippen molar-refractivity contribution in [1.82, 2.24) is 0 Å². The molecular formula is C28H24Cl2SiTi. The van der Waals surface area contributed by atoms with Crippen molar-refractivity contribution < 1.29 is 41.4 Å². The maximum Gasteiger partial charge on any atom is -1.00 e. The van der Waals surface area contributed by atoms with Gasteiger partial charge in [-0.1, -0.05) is 0 Å². The van der Waals surface area contributed by atoms with Crippen LogP contribution in [0, 0.1) is 0 Å². The summed E-state index contributed by atoms with van der Waals surface area (Å²) in [5.41, 5.74) is 12.2. The largest absolute Gasteiger partial charge is 1.00 e. The summed E-state index contributed by atoms with van der Waals surface area (Å²) in [7, 11) is 0. The Morgan fingerprint density at radius 2 is 0.938 bits per heavy atom. The molecule has 0 aliphatic heterocycles. The molecule has 0 atom stereocenters. The quantitative estimate of drug-likeness (QED) is 0.282. The van der Waals surface area contributed by atoms with E-state index in [0.29, 0.717) is 0 Å². The van der Waals surface area contributed by atoms with E-state index in [9.17, 15) is 0 Å². The van der Waals surface area contributed by atoms with Gasteiger partial charge in [0.2, 0.25) is 0 Å². The summed E-state index contributed by atoms with van der Waals surface area (Å²) in [6.07, 6.45) is 1.80. The van der Waals surface area contributed by atoms with Gasteiger partial charge >= 0.3 is 186 Å². The van der Waals surface area contributed by atoms with Crippen LogP contribution in [0.25, 0.3) is 22.3 Å². The molecule has 4 aromatic rings. The zero-order valence-electron chi connectivity index (χ0n) is 18.3. The molecule has 158 valence electrons. The van der Waals surface area contributed by atoms with Crippen molar-refractivity contribution in [1.29, 1.82) is 0 Å². The number of fused-ring (bicyclic) bond motifs is 6. The predicted molar refractivity (Wildman–Crippen MR) is 126 cm³/mol. The van der Waals surface area contributed by atoms with E-state index in [2.05, 4.69) is 98.0 Å². The second-order valence-electron chi connectivity index (χ2n) is 8.71. The van der Waals surface area contributed by atoms with Gasteiger partial charge in [-0.15, -0.1) is 0 Å². The fourth-order valence-corrected chi connectivity index (χ4v) is 16.4. The minimum absolute atomic E-state index is 0. The van der Waals surface area contributed by atoms with Crippen LogP contribution in [-0.2, 0) is 29.4 Å². The molecule has 0 N–H and O–H groups in total. The van der Waals surface area contributed by atoms with E-state index < -0.39 is 22.8 Å². The number of hydrogen-bond donors (Lipinski definition) is 0. The van der Waals surface area contributed by atoms with Gasteiger partial charge in [0.1, 0.15) is 0 Å². The minimum atomic E-state index is -1.63. The molecule has 2 aliphatic carbocycles. The van der Waals surface area contributed by atoms with Gasteiger partial charge in [0.15, 0.2) is 0 Å². The monoisotopic (exact) mass is 506 g/mol. The standard InChI is InChI=1S/2C13H9.C2H6Si.2ClH.Ti/c2*1-3-7-12-10(5-1)9-11-6-2-4-8-13(11)12;1-3-2;;;/h2*1-5,7-8H,9H2;1-2H3;2*1H;/q;;;;;+2/p-2. The van der Waals surface area contributed by atoms with E-state index in [4.69, 9.17) is 0 Å². The van der Waals surface area contributed by atoms with Gasteiger partial charge in [0.05, 0.1) is 0 Å². The van der Waals surface area contributed by atoms with Crippen molar-refractivity contribution in [3.8, 4) is 22.3 Å². The fourth-order valence-electron chi connectivity index (χ4n) is 5.47. The molecule has 0 bridgehead atoms. The molecule has 0 heterocycles. The Hall–Kier alpha value is -1.61. The fraction of sp³-hybridized carbons (Fsp3) is 0.143. The first kappa shape index (κ1) is 23.5. The maximum atomic E-state index is 2.56. The third-order valence-electron chi connectivity index (χ3n) is 6.74. The first-order valence-electron chi connectivity index (χ1n) is 10.8. The predicted octanol–water partition coefficient (Wildman–Crippen LogP) is -0.343. The van der Waals surface area contributed by atoms with Gasteiger partial charge < -0.3 is 24.8 Å². The van der Waals surface area contributed by atoms with E-state index >= 15 is 0 Å². The van der Waals surface area contributed by atoms with Crippen LogP contribution in [0.3, 0.4) is 0 Å². The SMILES string of the molecule is C[Si](C)=[Ti+2]([c]1cccc2c1Cc1ccccc1-2)[c]1cccc2c1Cc1ccccc1-2.[Cl-].[Cl-]. The molecule has 0 radical (unpaired) electrons. The average Bonchev–Trinajstić information content (AvgIpc) is 3.33. The number of hydrogen-bond acceptors (Lipinski definition) is 0. The Morgan fingerprint density at radius 1 is 0.531 bits per heavy atom. The van der Waals surface area contributed by atoms with Crippen LogP contribution in [0.2, 0.25) is 13.1 Å². The summed E-state index contributed by atoms with van der Waals surface area (Å²) in [4.78, 5) is 0. The van der Waals surface area contributed by atoms with E-state index in [1.165, 1.54) is 33.4 Å². The Balaban J connectivity index is 0.00000122. The van der Waals surface area contributed by atoms with Gasteiger partial charge in [-0.2, -0.15) is 0 Å². The van der Waals surface area contributed by atoms with Crippen molar-refractivity contribution in [2.24, 2.45) is 0 Å². The molecule has 0 amide bonds. The van der Waals surface area contributed by atoms with E-state index in [-0.39, 0.29) is 24.8 Å². The van der Waals surface area contributed by atoms with E-state index in [0.717, 1.165) is 12.8 Å². The van der Waals surface area contributed by atoms with Crippen LogP contribution in [0.15, 0.2) is 84.9 Å². The summed E-state index contributed by atoms with van der Waals surface area (Å²) in [6, 6.07) is 32.3. The van der Waals surface area contributed by atoms with Crippen molar-refractivity contribution in [2.45, 2.75) is 25.9 Å². The molecule has 4 aromatic carbocycles. The van der Waals surface area contributed by atoms with Crippen LogP contribution < -0.4 is 32.6 Å². The third-order valence-corrected chi connectivity index (χ3v) is 17.8. The number of benzene rings is 4. The summed E-state index contributed by atoms with van der Waals surface area (Å²) < 4.78 is 3.46. The van der Waals surface area contributed by atoms with Crippen LogP contribution in [0.5, 0.6) is 0 Å². The molecule has 0 saturated carbocycles. The zero-order chi connectivity index (χ0) is 20.2. The molecule has 0 saturated heterocycles. The molecule has 0 aromatic heterocycles. The first-order chi connectivity index (χ1) is 14.7. The second-order valence-corrected chi connectivity index (χ2v) is 20.3. The Bertz CT molecular complexity index is 1270. The van der Waals surface area contributed by atoms with E-state index in [1.54, 1.807) is 18.9 Å². The molecule has 32 heavy (non-hydrogen) atoms. The summed E-state index contributed by atoms with van der Waals surface area (Å²) in [5, 5.41) is 0. The van der Waals surface area contributed by atoms with Crippen molar-refractivity contribution in [3.05, 3.63) is 107 Å². The van der Waals surface area contributed by atoms with Gasteiger partial charge in [-0.25, -0.2) is 0 Å². The van der Waals surface area contributed by atoms with Crippen LogP contribution >= 0.6 is 0 Å². The van der Waals surface area contributed by atoms with Crippen molar-refractivity contribution >= 4 is 13.9 Å². The average molecular weight is 507 g/mol. The van der Waals surface area contributed by atoms with Crippen LogP contribution in [-0.4, -0.2) is 6.19 Å². The van der Waals surface area contributed by atoms with Crippen molar-refractivity contribution in [2.75, 3.05) is 0 Å². The molecule has 0 spiro atoms. The molecule has 0 unspecified atom stereocenters. The molecule has 2 aliphatic rings. The molecule has 6 rings (SSSR count). The summed E-state index contributed by atoms with van der Waals surface area (Å²) >= 11 is -1.63. The van der Waals surface area contributed by atoms with Gasteiger partial charge in [0, 0.05) is 0 Å². The molecule has 0 nitrogen and oxygen atoms in total. The Kier molecular flexibility index (Phi) is 6.87. The minimum Gasteiger partial charge on any atom is -1.00 e. The van der Waals surface area contributed by atoms with Crippen LogP contribution in [0.4, 0.5) is 0 Å². The number of rotatable bonds is 2. The van der Waals surface area contributed by atoms with Gasteiger partial charge in [-0.3, -0.25) is 0 Å². The maximum absolute atomic E-state index is 2.56. The molecule has 4 heteroatoms. The molecular weight excluding hydrogens is 483 g/mol.